The summed E-state index contributed by atoms with van der Waals surface area (Å²) in [5, 5.41) is 4.35. The van der Waals surface area contributed by atoms with Crippen molar-refractivity contribution < 1.29 is 8.42 Å². The second-order valence-corrected chi connectivity index (χ2v) is 9.46. The lowest BCUT2D eigenvalue weighted by Crippen LogP contribution is -2.38. The van der Waals surface area contributed by atoms with Crippen molar-refractivity contribution >= 4 is 10.2 Å². The van der Waals surface area contributed by atoms with Gasteiger partial charge in [-0.3, -0.25) is 9.67 Å². The van der Waals surface area contributed by atoms with Crippen LogP contribution in [0.25, 0.3) is 11.4 Å². The SMILES string of the molecule is CC(C)n1nccc1-c1ccc(C[C@@H]2CCN(S(=O)(=O)N(C)C)C2)cn1. The number of nitrogens with zero attached hydrogens (tertiary/aromatic N) is 5. The van der Waals surface area contributed by atoms with E-state index >= 15 is 0 Å². The lowest BCUT2D eigenvalue weighted by molar-refractivity contribution is 0.409. The Labute approximate surface area is 155 Å². The Bertz CT molecular complexity index is 843. The molecular formula is C18H27N5O2S. The fraction of sp³-hybridized carbons (Fsp3) is 0.556. The Balaban J connectivity index is 1.66. The molecule has 0 spiro atoms. The average molecular weight is 378 g/mol. The smallest absolute Gasteiger partial charge is 0.261 e. The van der Waals surface area contributed by atoms with E-state index < -0.39 is 10.2 Å². The standard InChI is InChI=1S/C18H27N5O2S/c1-14(2)23-18(7-9-20-23)17-6-5-15(12-19-17)11-16-8-10-22(13-16)26(24,25)21(3)4/h5-7,9,12,14,16H,8,10-11,13H2,1-4H3/t16-/m0/s1. The molecule has 2 aromatic rings. The van der Waals surface area contributed by atoms with Crippen LogP contribution in [-0.4, -0.2) is 59.0 Å². The van der Waals surface area contributed by atoms with Gasteiger partial charge in [0.15, 0.2) is 0 Å². The summed E-state index contributed by atoms with van der Waals surface area (Å²) in [4.78, 5) is 4.60. The maximum absolute atomic E-state index is 12.2. The topological polar surface area (TPSA) is 71.3 Å². The van der Waals surface area contributed by atoms with E-state index in [0.717, 1.165) is 29.8 Å². The van der Waals surface area contributed by atoms with Crippen LogP contribution < -0.4 is 0 Å². The third-order valence-electron chi connectivity index (χ3n) is 4.81. The largest absolute Gasteiger partial charge is 0.281 e. The zero-order chi connectivity index (χ0) is 18.9. The van der Waals surface area contributed by atoms with Crippen molar-refractivity contribution in [3.63, 3.8) is 0 Å². The summed E-state index contributed by atoms with van der Waals surface area (Å²) in [6.07, 6.45) is 5.42. The molecule has 1 aliphatic rings. The van der Waals surface area contributed by atoms with Crippen molar-refractivity contribution in [1.82, 2.24) is 23.4 Å². The molecule has 0 bridgehead atoms. The highest BCUT2D eigenvalue weighted by Gasteiger charge is 2.32. The first kappa shape index (κ1) is 19.0. The van der Waals surface area contributed by atoms with E-state index in [-0.39, 0.29) is 6.04 Å². The Hall–Kier alpha value is -1.77. The lowest BCUT2D eigenvalue weighted by Gasteiger charge is -2.20. The molecule has 2 aromatic heterocycles. The summed E-state index contributed by atoms with van der Waals surface area (Å²) < 4.78 is 29.3. The minimum absolute atomic E-state index is 0.282. The number of aromatic nitrogens is 3. The Morgan fingerprint density at radius 2 is 2.04 bits per heavy atom. The molecule has 0 unspecified atom stereocenters. The van der Waals surface area contributed by atoms with Gasteiger partial charge in [-0.1, -0.05) is 6.07 Å². The molecule has 0 aromatic carbocycles. The lowest BCUT2D eigenvalue weighted by atomic mass is 10.00. The highest BCUT2D eigenvalue weighted by Crippen LogP contribution is 2.25. The molecule has 0 saturated carbocycles. The van der Waals surface area contributed by atoms with E-state index in [2.05, 4.69) is 30.0 Å². The van der Waals surface area contributed by atoms with E-state index in [1.807, 2.05) is 23.0 Å². The molecule has 0 radical (unpaired) electrons. The van der Waals surface area contributed by atoms with Gasteiger partial charge in [-0.05, 0) is 50.3 Å². The van der Waals surface area contributed by atoms with Gasteiger partial charge in [0, 0.05) is 45.6 Å². The second kappa shape index (κ2) is 7.46. The Morgan fingerprint density at radius 1 is 1.27 bits per heavy atom. The van der Waals surface area contributed by atoms with Crippen LogP contribution >= 0.6 is 0 Å². The van der Waals surface area contributed by atoms with Crippen molar-refractivity contribution in [3.8, 4) is 11.4 Å². The highest BCUT2D eigenvalue weighted by atomic mass is 32.2. The molecule has 3 rings (SSSR count). The number of hydrogen-bond acceptors (Lipinski definition) is 4. The molecule has 3 heterocycles. The average Bonchev–Trinajstić information content (AvgIpc) is 3.25. The normalized spacial score (nSPS) is 18.9. The minimum atomic E-state index is -3.31. The van der Waals surface area contributed by atoms with Crippen LogP contribution in [0.15, 0.2) is 30.6 Å². The van der Waals surface area contributed by atoms with Gasteiger partial charge in [-0.2, -0.15) is 22.1 Å². The molecule has 0 N–H and O–H groups in total. The summed E-state index contributed by atoms with van der Waals surface area (Å²) in [5.74, 6) is 0.332. The summed E-state index contributed by atoms with van der Waals surface area (Å²) in [5.41, 5.74) is 3.05. The van der Waals surface area contributed by atoms with Crippen molar-refractivity contribution in [3.05, 3.63) is 36.2 Å². The fourth-order valence-corrected chi connectivity index (χ4v) is 4.56. The molecule has 0 aliphatic carbocycles. The molecule has 0 amide bonds. The van der Waals surface area contributed by atoms with E-state index in [9.17, 15) is 8.42 Å². The van der Waals surface area contributed by atoms with E-state index in [1.54, 1.807) is 24.6 Å². The van der Waals surface area contributed by atoms with Gasteiger partial charge in [0.2, 0.25) is 0 Å². The second-order valence-electron chi connectivity index (χ2n) is 7.31. The molecule has 7 nitrogen and oxygen atoms in total. The van der Waals surface area contributed by atoms with Crippen LogP contribution in [0.1, 0.15) is 31.9 Å². The van der Waals surface area contributed by atoms with E-state index in [0.29, 0.717) is 19.0 Å². The van der Waals surface area contributed by atoms with Gasteiger partial charge in [-0.15, -0.1) is 0 Å². The molecule has 1 atom stereocenters. The van der Waals surface area contributed by atoms with Crippen LogP contribution in [-0.2, 0) is 16.6 Å². The molecule has 8 heteroatoms. The van der Waals surface area contributed by atoms with E-state index in [4.69, 9.17) is 0 Å². The van der Waals surface area contributed by atoms with Crippen molar-refractivity contribution in [1.29, 1.82) is 0 Å². The highest BCUT2D eigenvalue weighted by molar-refractivity contribution is 7.86. The maximum Gasteiger partial charge on any atom is 0.281 e. The quantitative estimate of drug-likeness (QED) is 0.774. The van der Waals surface area contributed by atoms with Gasteiger partial charge < -0.3 is 0 Å². The van der Waals surface area contributed by atoms with Gasteiger partial charge in [0.05, 0.1) is 11.4 Å². The van der Waals surface area contributed by atoms with Crippen molar-refractivity contribution in [2.24, 2.45) is 5.92 Å². The first-order valence-electron chi connectivity index (χ1n) is 8.95. The summed E-state index contributed by atoms with van der Waals surface area (Å²) in [6, 6.07) is 6.37. The molecule has 142 valence electrons. The number of hydrogen-bond donors (Lipinski definition) is 0. The van der Waals surface area contributed by atoms with Gasteiger partial charge >= 0.3 is 0 Å². The first-order valence-corrected chi connectivity index (χ1v) is 10.3. The van der Waals surface area contributed by atoms with Crippen LogP contribution in [0, 0.1) is 5.92 Å². The third-order valence-corrected chi connectivity index (χ3v) is 6.71. The van der Waals surface area contributed by atoms with Gasteiger partial charge in [-0.25, -0.2) is 0 Å². The Kier molecular flexibility index (Phi) is 5.45. The van der Waals surface area contributed by atoms with Crippen molar-refractivity contribution in [2.45, 2.75) is 32.7 Å². The third kappa shape index (κ3) is 3.82. The summed E-state index contributed by atoms with van der Waals surface area (Å²) in [7, 11) is -0.157. The number of rotatable bonds is 6. The van der Waals surface area contributed by atoms with Gasteiger partial charge in [0.25, 0.3) is 10.2 Å². The summed E-state index contributed by atoms with van der Waals surface area (Å²) in [6.45, 7) is 5.35. The Morgan fingerprint density at radius 3 is 2.65 bits per heavy atom. The molecule has 26 heavy (non-hydrogen) atoms. The predicted octanol–water partition coefficient (Wildman–Crippen LogP) is 2.20. The molecule has 1 saturated heterocycles. The van der Waals surface area contributed by atoms with Crippen LogP contribution in [0.5, 0.6) is 0 Å². The van der Waals surface area contributed by atoms with Crippen LogP contribution in [0.3, 0.4) is 0 Å². The van der Waals surface area contributed by atoms with Crippen molar-refractivity contribution in [2.75, 3.05) is 27.2 Å². The zero-order valence-electron chi connectivity index (χ0n) is 15.8. The maximum atomic E-state index is 12.2. The van der Waals surface area contributed by atoms with E-state index in [1.165, 1.54) is 4.31 Å². The first-order chi connectivity index (χ1) is 12.3. The van der Waals surface area contributed by atoms with Gasteiger partial charge in [0.1, 0.15) is 0 Å². The summed E-state index contributed by atoms with van der Waals surface area (Å²) >= 11 is 0. The predicted molar refractivity (Wildman–Crippen MR) is 102 cm³/mol. The minimum Gasteiger partial charge on any atom is -0.261 e. The van der Waals surface area contributed by atoms with Crippen LogP contribution in [0.2, 0.25) is 0 Å². The molecule has 1 fully saturated rings. The zero-order valence-corrected chi connectivity index (χ0v) is 16.6. The number of pyridine rings is 1. The molecular weight excluding hydrogens is 350 g/mol. The monoisotopic (exact) mass is 377 g/mol. The molecule has 1 aliphatic heterocycles. The fourth-order valence-electron chi connectivity index (χ4n) is 3.36. The van der Waals surface area contributed by atoms with Crippen LogP contribution in [0.4, 0.5) is 0 Å².